The standard InChI is InChI=1S/C10H12ClNO4/c1-3-12(6-8(13)15-2)10(14)7-4-5-16-9(7)11/h4-5H,3,6H2,1-2H3. The van der Waals surface area contributed by atoms with Crippen LogP contribution in [-0.2, 0) is 9.53 Å². The van der Waals surface area contributed by atoms with E-state index in [1.54, 1.807) is 6.92 Å². The van der Waals surface area contributed by atoms with Gasteiger partial charge in [0, 0.05) is 6.54 Å². The first-order chi connectivity index (χ1) is 7.60. The molecule has 5 nitrogen and oxygen atoms in total. The molecule has 0 fully saturated rings. The van der Waals surface area contributed by atoms with Crippen molar-refractivity contribution >= 4 is 23.5 Å². The van der Waals surface area contributed by atoms with Crippen molar-refractivity contribution in [3.63, 3.8) is 0 Å². The maximum atomic E-state index is 11.9. The molecule has 0 saturated carbocycles. The number of methoxy groups -OCH3 is 1. The second-order valence-corrected chi connectivity index (χ2v) is 3.35. The van der Waals surface area contributed by atoms with Crippen LogP contribution in [0, 0.1) is 0 Å². The number of rotatable bonds is 4. The summed E-state index contributed by atoms with van der Waals surface area (Å²) in [5.41, 5.74) is 0.243. The molecule has 0 N–H and O–H groups in total. The number of carbonyl (C=O) groups is 2. The van der Waals surface area contributed by atoms with Crippen LogP contribution in [0.4, 0.5) is 0 Å². The molecular weight excluding hydrogens is 234 g/mol. The zero-order valence-corrected chi connectivity index (χ0v) is 9.78. The van der Waals surface area contributed by atoms with E-state index in [0.29, 0.717) is 6.54 Å². The summed E-state index contributed by atoms with van der Waals surface area (Å²) in [6.45, 7) is 2.04. The van der Waals surface area contributed by atoms with Gasteiger partial charge in [-0.3, -0.25) is 9.59 Å². The first-order valence-corrected chi connectivity index (χ1v) is 5.07. The Labute approximate surface area is 97.9 Å². The largest absolute Gasteiger partial charge is 0.468 e. The van der Waals surface area contributed by atoms with E-state index < -0.39 is 5.97 Å². The molecule has 0 aliphatic heterocycles. The molecule has 0 aliphatic carbocycles. The van der Waals surface area contributed by atoms with Gasteiger partial charge < -0.3 is 14.1 Å². The second kappa shape index (κ2) is 5.55. The highest BCUT2D eigenvalue weighted by Gasteiger charge is 2.21. The Morgan fingerprint density at radius 2 is 2.25 bits per heavy atom. The zero-order valence-electron chi connectivity index (χ0n) is 9.03. The molecule has 1 aromatic rings. The Morgan fingerprint density at radius 3 is 2.69 bits per heavy atom. The summed E-state index contributed by atoms with van der Waals surface area (Å²) in [5, 5.41) is 0.0216. The van der Waals surface area contributed by atoms with E-state index in [-0.39, 0.29) is 23.2 Å². The minimum atomic E-state index is -0.477. The van der Waals surface area contributed by atoms with Crippen LogP contribution in [0.1, 0.15) is 17.3 Å². The minimum absolute atomic E-state index is 0.0216. The van der Waals surface area contributed by atoms with Gasteiger partial charge in [0.05, 0.1) is 18.9 Å². The lowest BCUT2D eigenvalue weighted by molar-refractivity contribution is -0.141. The van der Waals surface area contributed by atoms with E-state index in [1.165, 1.54) is 24.3 Å². The topological polar surface area (TPSA) is 59.8 Å². The van der Waals surface area contributed by atoms with Gasteiger partial charge in [0.15, 0.2) is 0 Å². The number of carbonyl (C=O) groups excluding carboxylic acids is 2. The van der Waals surface area contributed by atoms with Crippen molar-refractivity contribution in [1.29, 1.82) is 0 Å². The summed E-state index contributed by atoms with van der Waals surface area (Å²) in [6.07, 6.45) is 1.32. The van der Waals surface area contributed by atoms with Crippen LogP contribution in [0.25, 0.3) is 0 Å². The van der Waals surface area contributed by atoms with Gasteiger partial charge in [0.1, 0.15) is 6.54 Å². The number of hydrogen-bond acceptors (Lipinski definition) is 4. The maximum Gasteiger partial charge on any atom is 0.325 e. The molecule has 0 radical (unpaired) electrons. The first-order valence-electron chi connectivity index (χ1n) is 4.69. The molecule has 88 valence electrons. The molecular formula is C10H12ClNO4. The Bertz CT molecular complexity index is 388. The molecule has 0 aromatic carbocycles. The fraction of sp³-hybridized carbons (Fsp3) is 0.400. The summed E-state index contributed by atoms with van der Waals surface area (Å²) < 4.78 is 9.30. The molecule has 0 atom stereocenters. The van der Waals surface area contributed by atoms with Crippen LogP contribution in [0.15, 0.2) is 16.7 Å². The van der Waals surface area contributed by atoms with Crippen molar-refractivity contribution in [3.05, 3.63) is 23.1 Å². The maximum absolute atomic E-state index is 11.9. The van der Waals surface area contributed by atoms with E-state index in [0.717, 1.165) is 0 Å². The third-order valence-corrected chi connectivity index (χ3v) is 2.36. The molecule has 0 saturated heterocycles. The lowest BCUT2D eigenvalue weighted by Gasteiger charge is -2.18. The Hall–Kier alpha value is -1.49. The molecule has 1 amide bonds. The van der Waals surface area contributed by atoms with E-state index in [4.69, 9.17) is 16.0 Å². The smallest absolute Gasteiger partial charge is 0.325 e. The number of furan rings is 1. The predicted octanol–water partition coefficient (Wildman–Crippen LogP) is 1.57. The number of ether oxygens (including phenoxy) is 1. The van der Waals surface area contributed by atoms with Crippen molar-refractivity contribution in [1.82, 2.24) is 4.90 Å². The van der Waals surface area contributed by atoms with Crippen LogP contribution in [0.5, 0.6) is 0 Å². The fourth-order valence-corrected chi connectivity index (χ4v) is 1.36. The number of amides is 1. The highest BCUT2D eigenvalue weighted by molar-refractivity contribution is 6.32. The third kappa shape index (κ3) is 2.76. The molecule has 1 heterocycles. The quantitative estimate of drug-likeness (QED) is 0.756. The number of halogens is 1. The Morgan fingerprint density at radius 1 is 1.56 bits per heavy atom. The molecule has 16 heavy (non-hydrogen) atoms. The summed E-state index contributed by atoms with van der Waals surface area (Å²) >= 11 is 5.68. The molecule has 0 spiro atoms. The van der Waals surface area contributed by atoms with Crippen LogP contribution in [0.2, 0.25) is 5.22 Å². The average molecular weight is 246 g/mol. The van der Waals surface area contributed by atoms with Gasteiger partial charge in [-0.05, 0) is 24.6 Å². The predicted molar refractivity (Wildman–Crippen MR) is 57.3 cm³/mol. The summed E-state index contributed by atoms with van der Waals surface area (Å²) in [6, 6.07) is 1.46. The molecule has 1 rings (SSSR count). The fourth-order valence-electron chi connectivity index (χ4n) is 1.16. The monoisotopic (exact) mass is 245 g/mol. The highest BCUT2D eigenvalue weighted by Crippen LogP contribution is 2.18. The van der Waals surface area contributed by atoms with Crippen molar-refractivity contribution in [2.24, 2.45) is 0 Å². The molecule has 0 bridgehead atoms. The lowest BCUT2D eigenvalue weighted by atomic mass is 10.3. The molecule has 1 aromatic heterocycles. The van der Waals surface area contributed by atoms with Crippen molar-refractivity contribution < 1.29 is 18.7 Å². The third-order valence-electron chi connectivity index (χ3n) is 2.06. The van der Waals surface area contributed by atoms with Gasteiger partial charge >= 0.3 is 5.97 Å². The van der Waals surface area contributed by atoms with E-state index >= 15 is 0 Å². The van der Waals surface area contributed by atoms with Gasteiger partial charge in [0.2, 0.25) is 5.22 Å². The van der Waals surface area contributed by atoms with Crippen LogP contribution in [-0.4, -0.2) is 37.0 Å². The van der Waals surface area contributed by atoms with Gasteiger partial charge in [-0.2, -0.15) is 0 Å². The Balaban J connectivity index is 2.78. The van der Waals surface area contributed by atoms with Gasteiger partial charge in [0.25, 0.3) is 5.91 Å². The number of likely N-dealkylation sites (N-methyl/N-ethyl adjacent to an activating group) is 1. The molecule has 0 unspecified atom stereocenters. The Kier molecular flexibility index (Phi) is 4.37. The zero-order chi connectivity index (χ0) is 12.1. The minimum Gasteiger partial charge on any atom is -0.468 e. The van der Waals surface area contributed by atoms with Crippen LogP contribution < -0.4 is 0 Å². The number of esters is 1. The van der Waals surface area contributed by atoms with E-state index in [2.05, 4.69) is 4.74 Å². The second-order valence-electron chi connectivity index (χ2n) is 3.00. The van der Waals surface area contributed by atoms with Crippen molar-refractivity contribution in [2.45, 2.75) is 6.92 Å². The normalized spacial score (nSPS) is 9.94. The van der Waals surface area contributed by atoms with E-state index in [9.17, 15) is 9.59 Å². The summed E-state index contributed by atoms with van der Waals surface area (Å²) in [7, 11) is 1.27. The molecule has 0 aliphatic rings. The lowest BCUT2D eigenvalue weighted by Crippen LogP contribution is -2.35. The summed E-state index contributed by atoms with van der Waals surface area (Å²) in [4.78, 5) is 24.3. The molecule has 6 heteroatoms. The summed E-state index contributed by atoms with van der Waals surface area (Å²) in [5.74, 6) is -0.832. The van der Waals surface area contributed by atoms with Gasteiger partial charge in [-0.15, -0.1) is 0 Å². The van der Waals surface area contributed by atoms with Gasteiger partial charge in [-0.1, -0.05) is 0 Å². The van der Waals surface area contributed by atoms with Crippen LogP contribution >= 0.6 is 11.6 Å². The van der Waals surface area contributed by atoms with E-state index in [1.807, 2.05) is 0 Å². The number of nitrogens with zero attached hydrogens (tertiary/aromatic N) is 1. The SMILES string of the molecule is CCN(CC(=O)OC)C(=O)c1ccoc1Cl. The number of hydrogen-bond donors (Lipinski definition) is 0. The van der Waals surface area contributed by atoms with Gasteiger partial charge in [-0.25, -0.2) is 0 Å². The van der Waals surface area contributed by atoms with Crippen LogP contribution in [0.3, 0.4) is 0 Å². The van der Waals surface area contributed by atoms with Crippen molar-refractivity contribution in [2.75, 3.05) is 20.2 Å². The highest BCUT2D eigenvalue weighted by atomic mass is 35.5. The van der Waals surface area contributed by atoms with Crippen molar-refractivity contribution in [3.8, 4) is 0 Å². The average Bonchev–Trinajstić information content (AvgIpc) is 2.71. The first kappa shape index (κ1) is 12.6.